The number of H-pyrrole nitrogens is 1. The van der Waals surface area contributed by atoms with Crippen LogP contribution in [0.5, 0.6) is 6.01 Å². The van der Waals surface area contributed by atoms with Gasteiger partial charge in [-0.3, -0.25) is 4.79 Å². The molecule has 0 radical (unpaired) electrons. The highest BCUT2D eigenvalue weighted by molar-refractivity contribution is 5.93. The molecule has 1 aliphatic carbocycles. The van der Waals surface area contributed by atoms with Crippen LogP contribution in [0, 0.1) is 0 Å². The molecule has 36 heavy (non-hydrogen) atoms. The van der Waals surface area contributed by atoms with Gasteiger partial charge in [0.25, 0.3) is 5.91 Å². The molecule has 3 aromatic rings. The number of nitrogens with one attached hydrogen (secondary N) is 2. The first-order valence-corrected chi connectivity index (χ1v) is 13.0. The van der Waals surface area contributed by atoms with Gasteiger partial charge in [-0.05, 0) is 62.1 Å². The number of carbonyl (C=O) groups excluding carboxylic acids is 1. The number of hydrogen-bond donors (Lipinski definition) is 3. The van der Waals surface area contributed by atoms with Crippen molar-refractivity contribution in [3.05, 3.63) is 41.9 Å². The van der Waals surface area contributed by atoms with Gasteiger partial charge >= 0.3 is 6.01 Å². The number of carbonyl (C=O) groups is 1. The lowest BCUT2D eigenvalue weighted by molar-refractivity contribution is 0.0643. The van der Waals surface area contributed by atoms with Crippen LogP contribution in [0.4, 0.5) is 5.82 Å². The Morgan fingerprint density at radius 1 is 1.22 bits per heavy atom. The molecule has 0 unspecified atom stereocenters. The number of nitrogens with zero attached hydrogens (tertiary/aromatic N) is 4. The normalized spacial score (nSPS) is 24.6. The smallest absolute Gasteiger partial charge is 0.319 e. The Bertz CT molecular complexity index is 1220. The number of rotatable bonds is 7. The minimum atomic E-state index is -0.234. The fraction of sp³-hybridized carbons (Fsp3) is 0.538. The summed E-state index contributed by atoms with van der Waals surface area (Å²) in [5, 5.41) is 4.21. The number of amides is 1. The van der Waals surface area contributed by atoms with E-state index in [1.807, 2.05) is 12.3 Å². The standard InChI is InChI=1S/C26H33N7O3/c27-20-5-6-21(20)30-25(34)22-13-23(32-26(31-22)36-15-17-3-2-12-35-17)33-10-7-16(8-11-33)19-14-29-24-18(19)4-1-9-28-24/h1,4,9,13-14,16-17,20-21H,2-3,5-8,10-12,15,27H2,(H,28,29)(H,30,34)/t17-,20+,21-/m1/s1. The van der Waals surface area contributed by atoms with Gasteiger partial charge in [0.05, 0.1) is 6.10 Å². The Balaban J connectivity index is 1.18. The van der Waals surface area contributed by atoms with Gasteiger partial charge in [-0.25, -0.2) is 4.98 Å². The summed E-state index contributed by atoms with van der Waals surface area (Å²) >= 11 is 0. The van der Waals surface area contributed by atoms with E-state index in [4.69, 9.17) is 15.2 Å². The van der Waals surface area contributed by atoms with Crippen molar-refractivity contribution in [2.24, 2.45) is 5.73 Å². The van der Waals surface area contributed by atoms with Crippen LogP contribution in [0.15, 0.2) is 30.6 Å². The number of piperidine rings is 1. The first kappa shape index (κ1) is 23.2. The summed E-state index contributed by atoms with van der Waals surface area (Å²) in [5.74, 6) is 0.926. The van der Waals surface area contributed by atoms with E-state index in [-0.39, 0.29) is 30.1 Å². The average Bonchev–Trinajstić information content (AvgIpc) is 3.60. The molecule has 10 heteroatoms. The maximum Gasteiger partial charge on any atom is 0.319 e. The number of aromatic nitrogens is 4. The van der Waals surface area contributed by atoms with Gasteiger partial charge in [0, 0.05) is 55.6 Å². The Hall–Kier alpha value is -3.24. The summed E-state index contributed by atoms with van der Waals surface area (Å²) in [6, 6.07) is 6.10. The van der Waals surface area contributed by atoms with Gasteiger partial charge in [-0.2, -0.15) is 9.97 Å². The van der Waals surface area contributed by atoms with E-state index in [1.165, 1.54) is 10.9 Å². The first-order valence-electron chi connectivity index (χ1n) is 13.0. The molecule has 0 bridgehead atoms. The Kier molecular flexibility index (Phi) is 6.45. The zero-order valence-corrected chi connectivity index (χ0v) is 20.4. The van der Waals surface area contributed by atoms with Crippen LogP contribution in [0.1, 0.15) is 60.5 Å². The molecule has 2 saturated heterocycles. The van der Waals surface area contributed by atoms with Gasteiger partial charge < -0.3 is 30.4 Å². The van der Waals surface area contributed by atoms with Crippen LogP contribution in [0.25, 0.3) is 11.0 Å². The van der Waals surface area contributed by atoms with Crippen LogP contribution in [-0.4, -0.2) is 70.3 Å². The van der Waals surface area contributed by atoms with E-state index in [0.717, 1.165) is 69.7 Å². The molecule has 6 rings (SSSR count). The summed E-state index contributed by atoms with van der Waals surface area (Å²) in [6.07, 6.45) is 9.73. The van der Waals surface area contributed by atoms with E-state index in [0.29, 0.717) is 18.2 Å². The summed E-state index contributed by atoms with van der Waals surface area (Å²) in [5.41, 5.74) is 8.59. The van der Waals surface area contributed by atoms with E-state index in [9.17, 15) is 4.79 Å². The molecule has 4 N–H and O–H groups in total. The molecule has 3 aliphatic rings. The topological polar surface area (TPSA) is 131 Å². The van der Waals surface area contributed by atoms with Gasteiger partial charge in [0.1, 0.15) is 23.8 Å². The Labute approximate surface area is 210 Å². The molecular weight excluding hydrogens is 458 g/mol. The molecule has 3 atom stereocenters. The van der Waals surface area contributed by atoms with Crippen molar-refractivity contribution < 1.29 is 14.3 Å². The number of ether oxygens (including phenoxy) is 2. The molecule has 10 nitrogen and oxygen atoms in total. The lowest BCUT2D eigenvalue weighted by atomic mass is 9.87. The Morgan fingerprint density at radius 3 is 2.86 bits per heavy atom. The zero-order valence-electron chi connectivity index (χ0n) is 20.4. The van der Waals surface area contributed by atoms with Crippen molar-refractivity contribution in [1.29, 1.82) is 0 Å². The molecule has 0 spiro atoms. The van der Waals surface area contributed by atoms with Gasteiger partial charge in [-0.1, -0.05) is 0 Å². The van der Waals surface area contributed by atoms with Crippen molar-refractivity contribution >= 4 is 22.8 Å². The van der Waals surface area contributed by atoms with E-state index in [1.54, 1.807) is 6.07 Å². The monoisotopic (exact) mass is 491 g/mol. The second kappa shape index (κ2) is 10.0. The number of anilines is 1. The Morgan fingerprint density at radius 2 is 2.11 bits per heavy atom. The summed E-state index contributed by atoms with van der Waals surface area (Å²) in [4.78, 5) is 32.1. The largest absolute Gasteiger partial charge is 0.461 e. The average molecular weight is 492 g/mol. The maximum absolute atomic E-state index is 13.0. The molecule has 5 heterocycles. The molecular formula is C26H33N7O3. The van der Waals surface area contributed by atoms with Gasteiger partial charge in [0.2, 0.25) is 0 Å². The van der Waals surface area contributed by atoms with Crippen LogP contribution < -0.4 is 20.7 Å². The highest BCUT2D eigenvalue weighted by Crippen LogP contribution is 2.34. The number of fused-ring (bicyclic) bond motifs is 1. The number of hydrogen-bond acceptors (Lipinski definition) is 8. The molecule has 3 fully saturated rings. The summed E-state index contributed by atoms with van der Waals surface area (Å²) in [6.45, 7) is 2.79. The predicted octanol–water partition coefficient (Wildman–Crippen LogP) is 2.51. The SMILES string of the molecule is N[C@H]1CC[C@H]1NC(=O)c1cc(N2CCC(c3c[nH]c4ncccc34)CC2)nc(OC[C@H]2CCCO2)n1. The van der Waals surface area contributed by atoms with E-state index >= 15 is 0 Å². The van der Waals surface area contributed by atoms with Crippen molar-refractivity contribution in [2.75, 3.05) is 31.2 Å². The third kappa shape index (κ3) is 4.75. The second-order valence-electron chi connectivity index (χ2n) is 10.1. The molecule has 2 aliphatic heterocycles. The highest BCUT2D eigenvalue weighted by atomic mass is 16.5. The van der Waals surface area contributed by atoms with Crippen LogP contribution in [-0.2, 0) is 4.74 Å². The summed E-state index contributed by atoms with van der Waals surface area (Å²) in [7, 11) is 0. The third-order valence-electron chi connectivity index (χ3n) is 7.73. The van der Waals surface area contributed by atoms with Crippen LogP contribution >= 0.6 is 0 Å². The fourth-order valence-electron chi connectivity index (χ4n) is 5.38. The minimum absolute atomic E-state index is 0.00392. The third-order valence-corrected chi connectivity index (χ3v) is 7.73. The van der Waals surface area contributed by atoms with Gasteiger partial charge in [-0.15, -0.1) is 0 Å². The predicted molar refractivity (Wildman–Crippen MR) is 135 cm³/mol. The molecule has 3 aromatic heterocycles. The van der Waals surface area contributed by atoms with Crippen molar-refractivity contribution in [2.45, 2.75) is 62.6 Å². The highest BCUT2D eigenvalue weighted by Gasteiger charge is 2.30. The lowest BCUT2D eigenvalue weighted by Crippen LogP contribution is -2.54. The van der Waals surface area contributed by atoms with Gasteiger partial charge in [0.15, 0.2) is 0 Å². The van der Waals surface area contributed by atoms with E-state index in [2.05, 4.69) is 42.4 Å². The maximum atomic E-state index is 13.0. The van der Waals surface area contributed by atoms with Crippen molar-refractivity contribution in [1.82, 2.24) is 25.3 Å². The quantitative estimate of drug-likeness (QED) is 0.459. The van der Waals surface area contributed by atoms with Crippen LogP contribution in [0.2, 0.25) is 0 Å². The van der Waals surface area contributed by atoms with Crippen molar-refractivity contribution in [3.63, 3.8) is 0 Å². The summed E-state index contributed by atoms with van der Waals surface area (Å²) < 4.78 is 11.6. The first-order chi connectivity index (χ1) is 17.6. The lowest BCUT2D eigenvalue weighted by Gasteiger charge is -2.34. The number of pyridine rings is 1. The fourth-order valence-corrected chi connectivity index (χ4v) is 5.38. The number of aromatic amines is 1. The number of nitrogens with two attached hydrogens (primary N) is 1. The van der Waals surface area contributed by atoms with E-state index < -0.39 is 0 Å². The zero-order chi connectivity index (χ0) is 24.5. The molecule has 0 aromatic carbocycles. The van der Waals surface area contributed by atoms with Crippen molar-refractivity contribution in [3.8, 4) is 6.01 Å². The second-order valence-corrected chi connectivity index (χ2v) is 10.1. The molecule has 1 amide bonds. The molecule has 1 saturated carbocycles. The van der Waals surface area contributed by atoms with Crippen LogP contribution in [0.3, 0.4) is 0 Å². The minimum Gasteiger partial charge on any atom is -0.461 e. The molecule has 190 valence electrons.